The van der Waals surface area contributed by atoms with Gasteiger partial charge in [-0.1, -0.05) is 12.1 Å². The summed E-state index contributed by atoms with van der Waals surface area (Å²) in [6.07, 6.45) is 0. The van der Waals surface area contributed by atoms with Crippen LogP contribution in [-0.4, -0.2) is 12.0 Å². The zero-order valence-electron chi connectivity index (χ0n) is 11.5. The zero-order chi connectivity index (χ0) is 15.2. The third-order valence-corrected chi connectivity index (χ3v) is 2.97. The highest BCUT2D eigenvalue weighted by Crippen LogP contribution is 2.24. The Morgan fingerprint density at radius 1 is 1.24 bits per heavy atom. The number of rotatable bonds is 5. The molecule has 2 N–H and O–H groups in total. The summed E-state index contributed by atoms with van der Waals surface area (Å²) >= 11 is 0. The van der Waals surface area contributed by atoms with Crippen LogP contribution in [0.15, 0.2) is 42.5 Å². The van der Waals surface area contributed by atoms with Gasteiger partial charge in [0.2, 0.25) is 0 Å². The average molecular weight is 282 g/mol. The molecule has 2 aromatic carbocycles. The summed E-state index contributed by atoms with van der Waals surface area (Å²) in [7, 11) is 1.71. The van der Waals surface area contributed by atoms with Gasteiger partial charge in [-0.3, -0.25) is 10.1 Å². The largest absolute Gasteiger partial charge is 0.388 e. The normalized spacial score (nSPS) is 9.71. The van der Waals surface area contributed by atoms with Crippen LogP contribution in [0.1, 0.15) is 11.1 Å². The second kappa shape index (κ2) is 6.39. The van der Waals surface area contributed by atoms with Crippen LogP contribution in [0.5, 0.6) is 0 Å². The quantitative estimate of drug-likeness (QED) is 0.649. The molecule has 0 radical (unpaired) electrons. The highest BCUT2D eigenvalue weighted by atomic mass is 16.6. The highest BCUT2D eigenvalue weighted by molar-refractivity contribution is 5.63. The molecular formula is C15H14N4O2. The number of non-ortho nitro benzene ring substituents is 1. The van der Waals surface area contributed by atoms with Crippen molar-refractivity contribution in [2.24, 2.45) is 0 Å². The van der Waals surface area contributed by atoms with Crippen molar-refractivity contribution < 1.29 is 4.92 Å². The Kier molecular flexibility index (Phi) is 4.36. The van der Waals surface area contributed by atoms with Gasteiger partial charge in [0, 0.05) is 37.1 Å². The standard InChI is InChI=1S/C15H14N4O2/c1-17-13-6-14(8-15(7-13)19(20)21)18-10-12-4-2-3-11(5-12)9-16/h2-8,17-18H,10H2,1H3. The number of nitro groups is 1. The minimum atomic E-state index is -0.428. The molecule has 0 aliphatic rings. The van der Waals surface area contributed by atoms with Crippen LogP contribution in [0.4, 0.5) is 17.1 Å². The second-order valence-corrected chi connectivity index (χ2v) is 4.44. The summed E-state index contributed by atoms with van der Waals surface area (Å²) in [6, 6.07) is 14.0. The van der Waals surface area contributed by atoms with E-state index >= 15 is 0 Å². The SMILES string of the molecule is CNc1cc(NCc2cccc(C#N)c2)cc([N+](=O)[O-])c1. The van der Waals surface area contributed by atoms with Crippen molar-refractivity contribution in [1.29, 1.82) is 5.26 Å². The van der Waals surface area contributed by atoms with Gasteiger partial charge in [0.05, 0.1) is 16.6 Å². The smallest absolute Gasteiger partial charge is 0.273 e. The maximum Gasteiger partial charge on any atom is 0.273 e. The first-order chi connectivity index (χ1) is 10.1. The third kappa shape index (κ3) is 3.70. The van der Waals surface area contributed by atoms with Crippen molar-refractivity contribution in [2.75, 3.05) is 17.7 Å². The van der Waals surface area contributed by atoms with E-state index in [1.807, 2.05) is 12.1 Å². The molecule has 0 atom stereocenters. The van der Waals surface area contributed by atoms with Crippen LogP contribution in [-0.2, 0) is 6.54 Å². The maximum atomic E-state index is 10.9. The van der Waals surface area contributed by atoms with Gasteiger partial charge in [-0.2, -0.15) is 5.26 Å². The fourth-order valence-electron chi connectivity index (χ4n) is 1.92. The van der Waals surface area contributed by atoms with Crippen LogP contribution in [0, 0.1) is 21.4 Å². The predicted octanol–water partition coefficient (Wildman–Crippen LogP) is 3.12. The lowest BCUT2D eigenvalue weighted by molar-refractivity contribution is -0.384. The van der Waals surface area contributed by atoms with Gasteiger partial charge >= 0.3 is 0 Å². The van der Waals surface area contributed by atoms with Crippen LogP contribution < -0.4 is 10.6 Å². The van der Waals surface area contributed by atoms with Gasteiger partial charge in [-0.05, 0) is 23.8 Å². The van der Waals surface area contributed by atoms with E-state index in [1.54, 1.807) is 25.2 Å². The molecule has 0 saturated carbocycles. The Balaban J connectivity index is 2.17. The number of hydrogen-bond acceptors (Lipinski definition) is 5. The van der Waals surface area contributed by atoms with E-state index in [2.05, 4.69) is 16.7 Å². The van der Waals surface area contributed by atoms with Crippen LogP contribution >= 0.6 is 0 Å². The van der Waals surface area contributed by atoms with E-state index in [9.17, 15) is 10.1 Å². The lowest BCUT2D eigenvalue weighted by Crippen LogP contribution is -2.01. The molecule has 0 amide bonds. The molecule has 0 spiro atoms. The van der Waals surface area contributed by atoms with Gasteiger partial charge in [0.15, 0.2) is 0 Å². The summed E-state index contributed by atoms with van der Waals surface area (Å²) < 4.78 is 0. The Labute approximate surface area is 122 Å². The Bertz CT molecular complexity index is 707. The number of nitriles is 1. The molecule has 0 saturated heterocycles. The van der Waals surface area contributed by atoms with E-state index in [0.29, 0.717) is 23.5 Å². The molecule has 0 heterocycles. The first kappa shape index (κ1) is 14.3. The summed E-state index contributed by atoms with van der Waals surface area (Å²) in [4.78, 5) is 10.5. The van der Waals surface area contributed by atoms with Crippen molar-refractivity contribution in [2.45, 2.75) is 6.54 Å². The Hall–Kier alpha value is -3.07. The molecule has 2 aromatic rings. The van der Waals surface area contributed by atoms with Gasteiger partial charge in [-0.15, -0.1) is 0 Å². The molecule has 0 aromatic heterocycles. The fourth-order valence-corrected chi connectivity index (χ4v) is 1.92. The number of nitro benzene ring substituents is 1. The van der Waals surface area contributed by atoms with Crippen molar-refractivity contribution in [1.82, 2.24) is 0 Å². The molecule has 0 aliphatic carbocycles. The molecule has 0 aliphatic heterocycles. The summed E-state index contributed by atoms with van der Waals surface area (Å²) in [5, 5.41) is 25.8. The topological polar surface area (TPSA) is 91.0 Å². The van der Waals surface area contributed by atoms with Crippen molar-refractivity contribution >= 4 is 17.1 Å². The molecule has 2 rings (SSSR count). The first-order valence-corrected chi connectivity index (χ1v) is 6.32. The summed E-state index contributed by atoms with van der Waals surface area (Å²) in [5.41, 5.74) is 2.86. The van der Waals surface area contributed by atoms with E-state index in [0.717, 1.165) is 5.56 Å². The average Bonchev–Trinajstić information content (AvgIpc) is 2.52. The van der Waals surface area contributed by atoms with Crippen LogP contribution in [0.2, 0.25) is 0 Å². The van der Waals surface area contributed by atoms with Crippen LogP contribution in [0.25, 0.3) is 0 Å². The monoisotopic (exact) mass is 282 g/mol. The Morgan fingerprint density at radius 3 is 2.67 bits per heavy atom. The predicted molar refractivity (Wildman–Crippen MR) is 81.1 cm³/mol. The first-order valence-electron chi connectivity index (χ1n) is 6.32. The van der Waals surface area contributed by atoms with Gasteiger partial charge in [0.1, 0.15) is 0 Å². The molecule has 106 valence electrons. The molecule has 0 fully saturated rings. The number of hydrogen-bond donors (Lipinski definition) is 2. The van der Waals surface area contributed by atoms with Crippen LogP contribution in [0.3, 0.4) is 0 Å². The lowest BCUT2D eigenvalue weighted by Gasteiger charge is -2.09. The van der Waals surface area contributed by atoms with E-state index in [1.165, 1.54) is 12.1 Å². The van der Waals surface area contributed by atoms with Gasteiger partial charge in [-0.25, -0.2) is 0 Å². The van der Waals surface area contributed by atoms with E-state index in [-0.39, 0.29) is 5.69 Å². The lowest BCUT2D eigenvalue weighted by atomic mass is 10.1. The number of nitrogens with zero attached hydrogens (tertiary/aromatic N) is 2. The molecule has 6 heteroatoms. The Morgan fingerprint density at radius 2 is 2.00 bits per heavy atom. The molecule has 6 nitrogen and oxygen atoms in total. The highest BCUT2D eigenvalue weighted by Gasteiger charge is 2.09. The zero-order valence-corrected chi connectivity index (χ0v) is 11.5. The number of anilines is 2. The molecular weight excluding hydrogens is 268 g/mol. The molecule has 0 unspecified atom stereocenters. The maximum absolute atomic E-state index is 10.9. The van der Waals surface area contributed by atoms with E-state index in [4.69, 9.17) is 5.26 Å². The number of nitrogens with one attached hydrogen (secondary N) is 2. The van der Waals surface area contributed by atoms with Gasteiger partial charge < -0.3 is 10.6 Å². The van der Waals surface area contributed by atoms with Crippen molar-refractivity contribution in [3.8, 4) is 6.07 Å². The summed E-state index contributed by atoms with van der Waals surface area (Å²) in [5.74, 6) is 0. The van der Waals surface area contributed by atoms with Gasteiger partial charge in [0.25, 0.3) is 5.69 Å². The van der Waals surface area contributed by atoms with Crippen molar-refractivity contribution in [3.05, 3.63) is 63.7 Å². The summed E-state index contributed by atoms with van der Waals surface area (Å²) in [6.45, 7) is 0.486. The fraction of sp³-hybridized carbons (Fsp3) is 0.133. The third-order valence-electron chi connectivity index (χ3n) is 2.97. The second-order valence-electron chi connectivity index (χ2n) is 4.44. The minimum absolute atomic E-state index is 0.0233. The molecule has 21 heavy (non-hydrogen) atoms. The molecule has 0 bridgehead atoms. The minimum Gasteiger partial charge on any atom is -0.388 e. The van der Waals surface area contributed by atoms with E-state index < -0.39 is 4.92 Å². The number of benzene rings is 2. The van der Waals surface area contributed by atoms with Crippen molar-refractivity contribution in [3.63, 3.8) is 0 Å².